The summed E-state index contributed by atoms with van der Waals surface area (Å²) in [6.45, 7) is 0. The van der Waals surface area contributed by atoms with E-state index in [-0.39, 0.29) is 0 Å². The van der Waals surface area contributed by atoms with Crippen LogP contribution < -0.4 is 4.90 Å². The highest BCUT2D eigenvalue weighted by Crippen LogP contribution is 2.60. The van der Waals surface area contributed by atoms with Gasteiger partial charge in [0.1, 0.15) is 0 Å². The Bertz CT molecular complexity index is 4190. The lowest BCUT2D eigenvalue weighted by atomic mass is 9.68. The summed E-state index contributed by atoms with van der Waals surface area (Å²) in [5.41, 5.74) is 19.8. The summed E-state index contributed by atoms with van der Waals surface area (Å²) in [5.74, 6) is 0. The highest BCUT2D eigenvalue weighted by Gasteiger charge is 2.47. The third kappa shape index (κ3) is 6.93. The van der Waals surface area contributed by atoms with Crippen LogP contribution in [0.2, 0.25) is 0 Å². The molecule has 0 heterocycles. The van der Waals surface area contributed by atoms with Crippen LogP contribution in [-0.2, 0) is 5.41 Å². The first-order valence-corrected chi connectivity index (χ1v) is 25.7. The number of hydrogen-bond acceptors (Lipinski definition) is 1. The number of hydrogen-bond donors (Lipinski definition) is 0. The predicted molar refractivity (Wildman–Crippen MR) is 313 cm³/mol. The van der Waals surface area contributed by atoms with E-state index < -0.39 is 5.41 Å². The van der Waals surface area contributed by atoms with Crippen LogP contribution in [0.5, 0.6) is 0 Å². The highest BCUT2D eigenvalue weighted by atomic mass is 15.1. The second kappa shape index (κ2) is 17.9. The van der Waals surface area contributed by atoms with E-state index in [1.807, 2.05) is 0 Å². The zero-order chi connectivity index (χ0) is 49.0. The zero-order valence-electron chi connectivity index (χ0n) is 40.7. The van der Waals surface area contributed by atoms with Gasteiger partial charge < -0.3 is 4.90 Å². The van der Waals surface area contributed by atoms with E-state index in [1.165, 1.54) is 99.1 Å². The Hall–Kier alpha value is -9.56. The van der Waals surface area contributed by atoms with Gasteiger partial charge in [0.2, 0.25) is 0 Å². The van der Waals surface area contributed by atoms with E-state index in [0.717, 1.165) is 28.2 Å². The molecule has 0 bridgehead atoms. The van der Waals surface area contributed by atoms with Crippen LogP contribution in [0, 0.1) is 0 Å². The summed E-state index contributed by atoms with van der Waals surface area (Å²) in [6.07, 6.45) is 0. The van der Waals surface area contributed by atoms with Crippen molar-refractivity contribution >= 4 is 49.4 Å². The lowest BCUT2D eigenvalue weighted by molar-refractivity contribution is 0.768. The SMILES string of the molecule is c1ccc(-c2c(-c3ccccc3)c3cc(-c4cccc(N(c5cccc(-c6cccc7ccccc67)c5)c5cccc6c5-c5ccccc5C6(c5ccccc5)c5ccccc5)c4)ccc3c3ccccc23)cc1. The molecule has 1 nitrogen and oxygen atoms in total. The fourth-order valence-corrected chi connectivity index (χ4v) is 12.4. The Morgan fingerprint density at radius 1 is 0.243 bits per heavy atom. The van der Waals surface area contributed by atoms with Crippen molar-refractivity contribution in [1.82, 2.24) is 0 Å². The van der Waals surface area contributed by atoms with Crippen molar-refractivity contribution < 1.29 is 0 Å². The summed E-state index contributed by atoms with van der Waals surface area (Å²) in [5, 5.41) is 7.43. The van der Waals surface area contributed by atoms with Crippen LogP contribution in [0.15, 0.2) is 297 Å². The lowest BCUT2D eigenvalue weighted by Gasteiger charge is -2.34. The second-order valence-electron chi connectivity index (χ2n) is 19.5. The molecule has 0 N–H and O–H groups in total. The molecule has 0 atom stereocenters. The quantitative estimate of drug-likeness (QED) is 0.130. The molecular weight excluding hydrogens is 891 g/mol. The van der Waals surface area contributed by atoms with Crippen molar-refractivity contribution in [3.63, 3.8) is 0 Å². The smallest absolute Gasteiger partial charge is 0.0714 e. The minimum atomic E-state index is -0.549. The molecule has 0 spiro atoms. The normalized spacial score (nSPS) is 12.4. The van der Waals surface area contributed by atoms with Gasteiger partial charge in [-0.3, -0.25) is 0 Å². The van der Waals surface area contributed by atoms with Gasteiger partial charge in [-0.15, -0.1) is 0 Å². The minimum absolute atomic E-state index is 0.549. The van der Waals surface area contributed by atoms with E-state index >= 15 is 0 Å². The monoisotopic (exact) mass is 939 g/mol. The van der Waals surface area contributed by atoms with Crippen LogP contribution in [0.25, 0.3) is 88.0 Å². The lowest BCUT2D eigenvalue weighted by Crippen LogP contribution is -2.28. The molecule has 0 radical (unpaired) electrons. The summed E-state index contributed by atoms with van der Waals surface area (Å²) in [4.78, 5) is 2.51. The minimum Gasteiger partial charge on any atom is -0.310 e. The van der Waals surface area contributed by atoms with Crippen LogP contribution in [0.4, 0.5) is 17.1 Å². The molecule has 0 saturated carbocycles. The molecular formula is C73H49N. The fourth-order valence-electron chi connectivity index (χ4n) is 12.4. The Labute approximate surface area is 432 Å². The largest absolute Gasteiger partial charge is 0.310 e. The first-order chi connectivity index (χ1) is 36.7. The molecule has 1 aliphatic carbocycles. The molecule has 0 fully saturated rings. The molecule has 0 saturated heterocycles. The number of anilines is 3. The van der Waals surface area contributed by atoms with Gasteiger partial charge in [-0.05, 0) is 141 Å². The summed E-state index contributed by atoms with van der Waals surface area (Å²) in [7, 11) is 0. The zero-order valence-corrected chi connectivity index (χ0v) is 40.7. The van der Waals surface area contributed by atoms with Gasteiger partial charge in [0.25, 0.3) is 0 Å². The number of fused-ring (bicyclic) bond motifs is 7. The summed E-state index contributed by atoms with van der Waals surface area (Å²) in [6, 6.07) is 110. The van der Waals surface area contributed by atoms with E-state index in [2.05, 4.69) is 302 Å². The van der Waals surface area contributed by atoms with E-state index in [4.69, 9.17) is 0 Å². The van der Waals surface area contributed by atoms with Gasteiger partial charge in [0, 0.05) is 16.9 Å². The van der Waals surface area contributed by atoms with Crippen molar-refractivity contribution in [3.8, 4) is 55.6 Å². The Kier molecular flexibility index (Phi) is 10.5. The molecule has 346 valence electrons. The average molecular weight is 940 g/mol. The Balaban J connectivity index is 1.02. The first-order valence-electron chi connectivity index (χ1n) is 25.7. The third-order valence-corrected chi connectivity index (χ3v) is 15.5. The van der Waals surface area contributed by atoms with Gasteiger partial charge in [0.15, 0.2) is 0 Å². The number of nitrogens with zero attached hydrogens (tertiary/aromatic N) is 1. The maximum atomic E-state index is 2.51. The summed E-state index contributed by atoms with van der Waals surface area (Å²) < 4.78 is 0. The third-order valence-electron chi connectivity index (χ3n) is 15.5. The number of benzene rings is 13. The van der Waals surface area contributed by atoms with Crippen molar-refractivity contribution in [2.75, 3.05) is 4.90 Å². The molecule has 0 amide bonds. The average Bonchev–Trinajstić information content (AvgIpc) is 3.79. The van der Waals surface area contributed by atoms with Crippen molar-refractivity contribution in [3.05, 3.63) is 320 Å². The highest BCUT2D eigenvalue weighted by molar-refractivity contribution is 6.22. The van der Waals surface area contributed by atoms with Crippen molar-refractivity contribution in [2.24, 2.45) is 0 Å². The molecule has 13 aromatic rings. The van der Waals surface area contributed by atoms with E-state index in [9.17, 15) is 0 Å². The fraction of sp³-hybridized carbons (Fsp3) is 0.0137. The standard InChI is InChI=1S/C73H49N/c1-5-24-51(25-6-1)70-64-39-16-15-38-62(64)63-46-45-54(49-66(63)71(70)52-26-7-2-8-27-52)53-29-19-35-58(47-53)74(59-36-20-30-55(48-59)61-41-21-28-50-23-13-14-37-60(50)61)69-44-22-43-68-72(69)65-40-17-18-42-67(65)73(68,56-31-9-3-10-32-56)57-33-11-4-12-34-57/h1-49H. The maximum Gasteiger partial charge on any atom is 0.0714 e. The molecule has 1 heteroatoms. The number of rotatable bonds is 9. The molecule has 0 aromatic heterocycles. The molecule has 14 rings (SSSR count). The van der Waals surface area contributed by atoms with Crippen molar-refractivity contribution in [1.29, 1.82) is 0 Å². The molecule has 74 heavy (non-hydrogen) atoms. The predicted octanol–water partition coefficient (Wildman–Crippen LogP) is 19.6. The molecule has 0 aliphatic heterocycles. The van der Waals surface area contributed by atoms with Gasteiger partial charge in [-0.1, -0.05) is 261 Å². The van der Waals surface area contributed by atoms with Gasteiger partial charge in [0.05, 0.1) is 11.1 Å². The van der Waals surface area contributed by atoms with Crippen molar-refractivity contribution in [2.45, 2.75) is 5.41 Å². The van der Waals surface area contributed by atoms with Crippen LogP contribution in [0.3, 0.4) is 0 Å². The molecule has 13 aromatic carbocycles. The first kappa shape index (κ1) is 43.2. The summed E-state index contributed by atoms with van der Waals surface area (Å²) >= 11 is 0. The Morgan fingerprint density at radius 2 is 0.703 bits per heavy atom. The topological polar surface area (TPSA) is 3.24 Å². The second-order valence-corrected chi connectivity index (χ2v) is 19.5. The molecule has 1 aliphatic rings. The Morgan fingerprint density at radius 3 is 1.41 bits per heavy atom. The van der Waals surface area contributed by atoms with Crippen LogP contribution in [-0.4, -0.2) is 0 Å². The maximum absolute atomic E-state index is 2.51. The molecule has 0 unspecified atom stereocenters. The van der Waals surface area contributed by atoms with Gasteiger partial charge in [-0.2, -0.15) is 0 Å². The van der Waals surface area contributed by atoms with E-state index in [1.54, 1.807) is 0 Å². The van der Waals surface area contributed by atoms with Crippen LogP contribution >= 0.6 is 0 Å². The van der Waals surface area contributed by atoms with E-state index in [0.29, 0.717) is 0 Å². The van der Waals surface area contributed by atoms with Crippen LogP contribution in [0.1, 0.15) is 22.3 Å². The van der Waals surface area contributed by atoms with Gasteiger partial charge >= 0.3 is 0 Å². The van der Waals surface area contributed by atoms with Gasteiger partial charge in [-0.25, -0.2) is 0 Å².